The average Bonchev–Trinajstić information content (AvgIpc) is 2.71. The van der Waals surface area contributed by atoms with Crippen LogP contribution >= 0.6 is 11.8 Å². The van der Waals surface area contributed by atoms with E-state index in [4.69, 9.17) is 0 Å². The zero-order chi connectivity index (χ0) is 26.6. The molecule has 0 fully saturated rings. The molecule has 0 spiro atoms. The molecule has 2 aromatic carbocycles. The molecule has 188 valence electrons. The van der Waals surface area contributed by atoms with E-state index < -0.39 is 0 Å². The van der Waals surface area contributed by atoms with E-state index in [1.165, 1.54) is 43.9 Å². The van der Waals surface area contributed by atoms with E-state index >= 15 is 0 Å². The number of thioether (sulfide) groups is 1. The van der Waals surface area contributed by atoms with Crippen LogP contribution in [-0.4, -0.2) is 4.75 Å². The minimum absolute atomic E-state index is 0.0894. The largest absolute Gasteiger partial charge is 0.120 e. The molecule has 0 N–H and O–H groups in total. The first-order chi connectivity index (χ1) is 16.0. The van der Waals surface area contributed by atoms with Gasteiger partial charge in [-0.25, -0.2) is 0 Å². The van der Waals surface area contributed by atoms with Gasteiger partial charge in [0, 0.05) is 9.65 Å². The van der Waals surface area contributed by atoms with Gasteiger partial charge in [0.1, 0.15) is 0 Å². The normalized spacial score (nSPS) is 14.3. The predicted molar refractivity (Wildman–Crippen MR) is 162 cm³/mol. The van der Waals surface area contributed by atoms with Crippen molar-refractivity contribution in [3.05, 3.63) is 106 Å². The van der Waals surface area contributed by atoms with Crippen LogP contribution in [0.1, 0.15) is 97.1 Å². The lowest BCUT2D eigenvalue weighted by Crippen LogP contribution is -2.11. The SMILES string of the molecule is C=C\C(=C(/C=C(C)/C=C/c1ccc(C(C)(C)C)cc1)SC(C)(C)C)c1ccc(C(C)(C)C)cc1C. The quantitative estimate of drug-likeness (QED) is 0.366. The van der Waals surface area contributed by atoms with Gasteiger partial charge in [-0.05, 0) is 69.7 Å². The van der Waals surface area contributed by atoms with Crippen LogP contribution in [-0.2, 0) is 10.8 Å². The Morgan fingerprint density at radius 2 is 1.34 bits per heavy atom. The summed E-state index contributed by atoms with van der Waals surface area (Å²) < 4.78 is 0.0894. The standard InChI is InChI=1S/C34H46S/c1-13-29(30-21-20-28(23-25(30)3)33(7,8)9)31(35-34(10,11)12)22-24(2)14-15-26-16-18-27(19-17-26)32(4,5)6/h13-23H,1H2,2-12H3/b15-14+,24-22+,31-29-. The second-order valence-corrected chi connectivity index (χ2v) is 14.4. The summed E-state index contributed by atoms with van der Waals surface area (Å²) in [6, 6.07) is 15.8. The van der Waals surface area contributed by atoms with Gasteiger partial charge in [-0.15, -0.1) is 11.8 Å². The van der Waals surface area contributed by atoms with E-state index in [0.29, 0.717) is 0 Å². The van der Waals surface area contributed by atoms with Crippen molar-refractivity contribution in [2.75, 3.05) is 0 Å². The molecular weight excluding hydrogens is 440 g/mol. The maximum Gasteiger partial charge on any atom is 0.0158 e. The van der Waals surface area contributed by atoms with Crippen LogP contribution in [0.25, 0.3) is 11.6 Å². The molecule has 2 rings (SSSR count). The maximum atomic E-state index is 4.21. The lowest BCUT2D eigenvalue weighted by Gasteiger charge is -2.23. The highest BCUT2D eigenvalue weighted by Crippen LogP contribution is 2.39. The third-order valence-corrected chi connectivity index (χ3v) is 7.11. The molecule has 0 aliphatic carbocycles. The molecule has 0 unspecified atom stereocenters. The van der Waals surface area contributed by atoms with Crippen LogP contribution in [0.4, 0.5) is 0 Å². The molecular formula is C34H46S. The van der Waals surface area contributed by atoms with Gasteiger partial charge in [-0.1, -0.05) is 130 Å². The second kappa shape index (κ2) is 11.2. The van der Waals surface area contributed by atoms with Crippen molar-refractivity contribution >= 4 is 23.4 Å². The van der Waals surface area contributed by atoms with Gasteiger partial charge in [-0.2, -0.15) is 0 Å². The van der Waals surface area contributed by atoms with Crippen molar-refractivity contribution in [3.63, 3.8) is 0 Å². The first-order valence-electron chi connectivity index (χ1n) is 12.7. The van der Waals surface area contributed by atoms with Gasteiger partial charge in [0.2, 0.25) is 0 Å². The fourth-order valence-corrected chi connectivity index (χ4v) is 5.05. The zero-order valence-corrected chi connectivity index (χ0v) is 24.8. The first kappa shape index (κ1) is 29.0. The Bertz CT molecular complexity index is 1120. The Kier molecular flexibility index (Phi) is 9.28. The highest BCUT2D eigenvalue weighted by atomic mass is 32.2. The van der Waals surface area contributed by atoms with Crippen molar-refractivity contribution in [1.82, 2.24) is 0 Å². The summed E-state index contributed by atoms with van der Waals surface area (Å²) in [5, 5.41) is 0. The van der Waals surface area contributed by atoms with E-state index in [1.807, 2.05) is 17.8 Å². The molecule has 0 saturated heterocycles. The van der Waals surface area contributed by atoms with E-state index in [1.54, 1.807) is 0 Å². The summed E-state index contributed by atoms with van der Waals surface area (Å²) in [7, 11) is 0. The van der Waals surface area contributed by atoms with E-state index in [0.717, 1.165) is 0 Å². The summed E-state index contributed by atoms with van der Waals surface area (Å²) in [4.78, 5) is 1.25. The number of rotatable bonds is 6. The maximum absolute atomic E-state index is 4.21. The molecule has 0 bridgehead atoms. The molecule has 35 heavy (non-hydrogen) atoms. The van der Waals surface area contributed by atoms with Crippen LogP contribution in [0.15, 0.2) is 77.7 Å². The van der Waals surface area contributed by atoms with Gasteiger partial charge < -0.3 is 0 Å². The number of allylic oxidation sites excluding steroid dienone is 5. The molecule has 0 nitrogen and oxygen atoms in total. The molecule has 0 heterocycles. The summed E-state index contributed by atoms with van der Waals surface area (Å²) in [6.45, 7) is 29.0. The number of benzene rings is 2. The number of hydrogen-bond acceptors (Lipinski definition) is 1. The Hall–Kier alpha value is -2.25. The first-order valence-corrected chi connectivity index (χ1v) is 13.5. The molecule has 0 saturated carbocycles. The topological polar surface area (TPSA) is 0 Å². The predicted octanol–water partition coefficient (Wildman–Crippen LogP) is 10.7. The van der Waals surface area contributed by atoms with E-state index in [2.05, 4.69) is 143 Å². The van der Waals surface area contributed by atoms with Gasteiger partial charge in [0.05, 0.1) is 0 Å². The van der Waals surface area contributed by atoms with Crippen LogP contribution in [0.2, 0.25) is 0 Å². The molecule has 0 aliphatic rings. The Labute approximate surface area is 220 Å². The van der Waals surface area contributed by atoms with Crippen LogP contribution in [0.3, 0.4) is 0 Å². The highest BCUT2D eigenvalue weighted by Gasteiger charge is 2.19. The van der Waals surface area contributed by atoms with Crippen molar-refractivity contribution < 1.29 is 0 Å². The Morgan fingerprint density at radius 1 is 0.800 bits per heavy atom. The fraction of sp³-hybridized carbons (Fsp3) is 0.412. The van der Waals surface area contributed by atoms with Gasteiger partial charge >= 0.3 is 0 Å². The molecule has 0 aliphatic heterocycles. The van der Waals surface area contributed by atoms with E-state index in [-0.39, 0.29) is 15.6 Å². The minimum atomic E-state index is 0.0894. The second-order valence-electron chi connectivity index (χ2n) is 12.6. The van der Waals surface area contributed by atoms with Crippen LogP contribution in [0.5, 0.6) is 0 Å². The van der Waals surface area contributed by atoms with Crippen molar-refractivity contribution in [3.8, 4) is 0 Å². The smallest absolute Gasteiger partial charge is 0.0158 e. The Balaban J connectivity index is 2.50. The molecule has 2 aromatic rings. The lowest BCUT2D eigenvalue weighted by atomic mass is 9.84. The molecule has 1 heteroatoms. The molecule has 0 radical (unpaired) electrons. The van der Waals surface area contributed by atoms with Crippen LogP contribution in [0, 0.1) is 6.92 Å². The van der Waals surface area contributed by atoms with Crippen LogP contribution < -0.4 is 0 Å². The Morgan fingerprint density at radius 3 is 1.80 bits per heavy atom. The van der Waals surface area contributed by atoms with Gasteiger partial charge in [0.25, 0.3) is 0 Å². The average molecular weight is 487 g/mol. The lowest BCUT2D eigenvalue weighted by molar-refractivity contribution is 0.589. The summed E-state index contributed by atoms with van der Waals surface area (Å²) >= 11 is 1.90. The molecule has 0 amide bonds. The number of hydrogen-bond donors (Lipinski definition) is 0. The van der Waals surface area contributed by atoms with Crippen molar-refractivity contribution in [2.45, 2.75) is 91.7 Å². The van der Waals surface area contributed by atoms with E-state index in [9.17, 15) is 0 Å². The third kappa shape index (κ3) is 8.73. The molecule has 0 atom stereocenters. The summed E-state index contributed by atoms with van der Waals surface area (Å²) in [6.07, 6.45) is 8.75. The summed E-state index contributed by atoms with van der Waals surface area (Å²) in [5.74, 6) is 0. The number of aryl methyl sites for hydroxylation is 1. The molecule has 0 aromatic heterocycles. The van der Waals surface area contributed by atoms with Crippen molar-refractivity contribution in [2.24, 2.45) is 0 Å². The van der Waals surface area contributed by atoms with Gasteiger partial charge in [-0.3, -0.25) is 0 Å². The van der Waals surface area contributed by atoms with Crippen molar-refractivity contribution in [1.29, 1.82) is 0 Å². The van der Waals surface area contributed by atoms with Gasteiger partial charge in [0.15, 0.2) is 0 Å². The highest BCUT2D eigenvalue weighted by molar-refractivity contribution is 8.04. The fourth-order valence-electron chi connectivity index (χ4n) is 3.84. The summed E-state index contributed by atoms with van der Waals surface area (Å²) in [5.41, 5.74) is 9.22. The monoisotopic (exact) mass is 486 g/mol. The minimum Gasteiger partial charge on any atom is -0.120 e. The third-order valence-electron chi connectivity index (χ3n) is 5.94. The zero-order valence-electron chi connectivity index (χ0n) is 24.0.